The van der Waals surface area contributed by atoms with Crippen LogP contribution >= 0.6 is 70.4 Å². The van der Waals surface area contributed by atoms with E-state index in [-0.39, 0.29) is 15.9 Å². The minimum absolute atomic E-state index is 0.179. The zero-order valence-electron chi connectivity index (χ0n) is 27.0. The van der Waals surface area contributed by atoms with E-state index in [1.54, 1.807) is 30.3 Å². The molecule has 0 atom stereocenters. The van der Waals surface area contributed by atoms with E-state index in [0.29, 0.717) is 58.8 Å². The van der Waals surface area contributed by atoms with Crippen molar-refractivity contribution in [1.82, 2.24) is 9.55 Å². The van der Waals surface area contributed by atoms with Crippen molar-refractivity contribution in [3.8, 4) is 22.6 Å². The topological polar surface area (TPSA) is 143 Å². The van der Waals surface area contributed by atoms with Gasteiger partial charge in [-0.25, -0.2) is 4.79 Å². The van der Waals surface area contributed by atoms with Gasteiger partial charge in [-0.15, -0.1) is 0 Å². The van der Waals surface area contributed by atoms with Gasteiger partial charge in [0.1, 0.15) is 16.9 Å². The highest BCUT2D eigenvalue weighted by Crippen LogP contribution is 2.36. The number of methoxy groups -OCH3 is 2. The van der Waals surface area contributed by atoms with Crippen LogP contribution in [0.4, 0.5) is 5.69 Å². The van der Waals surface area contributed by atoms with Crippen molar-refractivity contribution in [2.75, 3.05) is 20.0 Å². The first-order valence-electron chi connectivity index (χ1n) is 14.0. The molecule has 0 bridgehead atoms. The molecule has 49 heavy (non-hydrogen) atoms. The molecule has 0 saturated carbocycles. The molecule has 0 radical (unpaired) electrons. The molecular formula is C34H30Cl4N4O5S2. The van der Waals surface area contributed by atoms with Gasteiger partial charge in [0.05, 0.1) is 56.5 Å². The quantitative estimate of drug-likeness (QED) is 0.0687. The molecule has 4 aromatic carbocycles. The fraction of sp³-hybridized carbons (Fsp3) is 0.176. The molecule has 256 valence electrons. The predicted molar refractivity (Wildman–Crippen MR) is 203 cm³/mol. The number of aromatic nitrogens is 2. The molecule has 0 amide bonds. The van der Waals surface area contributed by atoms with E-state index in [9.17, 15) is 9.59 Å². The van der Waals surface area contributed by atoms with Gasteiger partial charge in [0.15, 0.2) is 4.77 Å². The first kappa shape index (κ1) is 39.5. The van der Waals surface area contributed by atoms with Crippen LogP contribution in [0.15, 0.2) is 58.2 Å². The summed E-state index contributed by atoms with van der Waals surface area (Å²) in [5, 5.41) is 21.2. The predicted octanol–water partition coefficient (Wildman–Crippen LogP) is 10.1. The smallest absolute Gasteiger partial charge is 0.337 e. The zero-order valence-corrected chi connectivity index (χ0v) is 31.7. The van der Waals surface area contributed by atoms with Crippen LogP contribution in [0.3, 0.4) is 0 Å². The highest BCUT2D eigenvalue weighted by Gasteiger charge is 2.15. The molecule has 9 nitrogen and oxygen atoms in total. The van der Waals surface area contributed by atoms with Crippen LogP contribution in [0, 0.1) is 43.1 Å². The number of fused-ring (bicyclic) bond motifs is 1. The fourth-order valence-corrected chi connectivity index (χ4v) is 6.20. The molecule has 0 saturated heterocycles. The average Bonchev–Trinajstić information content (AvgIpc) is 3.03. The summed E-state index contributed by atoms with van der Waals surface area (Å²) in [6.45, 7) is 7.70. The molecule has 1 heterocycles. The lowest BCUT2D eigenvalue weighted by Crippen LogP contribution is -2.21. The first-order valence-corrected chi connectivity index (χ1v) is 16.8. The Morgan fingerprint density at radius 2 is 1.39 bits per heavy atom. The second-order valence-electron chi connectivity index (χ2n) is 10.4. The Morgan fingerprint density at radius 1 is 0.857 bits per heavy atom. The van der Waals surface area contributed by atoms with Crippen LogP contribution in [-0.4, -0.2) is 34.8 Å². The number of ether oxygens (including phenoxy) is 2. The summed E-state index contributed by atoms with van der Waals surface area (Å²) in [7, 11) is 3.00. The van der Waals surface area contributed by atoms with E-state index in [1.165, 1.54) is 24.9 Å². The molecule has 1 aromatic heterocycles. The van der Waals surface area contributed by atoms with Gasteiger partial charge in [-0.2, -0.15) is 5.26 Å². The van der Waals surface area contributed by atoms with Crippen molar-refractivity contribution in [3.05, 3.63) is 112 Å². The number of nitrogens with zero attached hydrogens (tertiary/aromatic N) is 2. The van der Waals surface area contributed by atoms with Crippen molar-refractivity contribution in [1.29, 1.82) is 5.26 Å². The summed E-state index contributed by atoms with van der Waals surface area (Å²) in [6.07, 6.45) is 0. The number of aromatic amines is 1. The van der Waals surface area contributed by atoms with E-state index in [2.05, 4.69) is 4.98 Å². The summed E-state index contributed by atoms with van der Waals surface area (Å²) >= 11 is 30.3. The minimum Gasteiger partial charge on any atom is -0.495 e. The zero-order chi connectivity index (χ0) is 36.7. The van der Waals surface area contributed by atoms with Crippen molar-refractivity contribution >= 4 is 92.9 Å². The van der Waals surface area contributed by atoms with E-state index < -0.39 is 5.97 Å². The maximum absolute atomic E-state index is 13.0. The van der Waals surface area contributed by atoms with Crippen molar-refractivity contribution < 1.29 is 19.4 Å². The number of rotatable bonds is 5. The summed E-state index contributed by atoms with van der Waals surface area (Å²) in [5.74, 6) is -0.0445. The molecule has 5 aromatic rings. The monoisotopic (exact) mass is 778 g/mol. The van der Waals surface area contributed by atoms with Crippen LogP contribution < -0.4 is 20.8 Å². The normalized spacial score (nSPS) is 10.3. The third-order valence-corrected chi connectivity index (χ3v) is 9.48. The van der Waals surface area contributed by atoms with Gasteiger partial charge in [-0.05, 0) is 116 Å². The number of nitrogens with two attached hydrogens (primary N) is 1. The molecule has 0 unspecified atom stereocenters. The lowest BCUT2D eigenvalue weighted by Gasteiger charge is -2.13. The van der Waals surface area contributed by atoms with Crippen LogP contribution in [-0.2, 0) is 0 Å². The van der Waals surface area contributed by atoms with E-state index >= 15 is 0 Å². The highest BCUT2D eigenvalue weighted by molar-refractivity contribution is 8.03. The lowest BCUT2D eigenvalue weighted by molar-refractivity contribution is 0.0698. The molecule has 5 rings (SSSR count). The largest absolute Gasteiger partial charge is 0.495 e. The van der Waals surface area contributed by atoms with Crippen molar-refractivity contribution in [3.63, 3.8) is 0 Å². The number of nitrogen functional groups attached to an aromatic ring is 1. The van der Waals surface area contributed by atoms with Crippen molar-refractivity contribution in [2.24, 2.45) is 0 Å². The Morgan fingerprint density at radius 3 is 1.96 bits per heavy atom. The second-order valence-corrected chi connectivity index (χ2v) is 13.3. The molecule has 0 fully saturated rings. The van der Waals surface area contributed by atoms with Crippen LogP contribution in [0.25, 0.3) is 16.6 Å². The van der Waals surface area contributed by atoms with Gasteiger partial charge >= 0.3 is 5.97 Å². The number of H-pyrrole nitrogens is 1. The Labute approximate surface area is 312 Å². The number of hydrogen-bond acceptors (Lipinski definition) is 8. The van der Waals surface area contributed by atoms with E-state index in [0.717, 1.165) is 34.0 Å². The van der Waals surface area contributed by atoms with Gasteiger partial charge in [0.25, 0.3) is 5.56 Å². The minimum atomic E-state index is -0.976. The van der Waals surface area contributed by atoms with Crippen molar-refractivity contribution in [2.45, 2.75) is 32.6 Å². The average molecular weight is 781 g/mol. The number of halogens is 4. The Bertz CT molecular complexity index is 2230. The fourth-order valence-electron chi connectivity index (χ4n) is 4.36. The number of nitrogens with one attached hydrogen (secondary N) is 1. The third-order valence-electron chi connectivity index (χ3n) is 7.23. The van der Waals surface area contributed by atoms with Gasteiger partial charge < -0.3 is 25.3 Å². The highest BCUT2D eigenvalue weighted by atomic mass is 35.5. The molecule has 0 aliphatic heterocycles. The number of thioether (sulfide) groups is 1. The molecule has 0 aliphatic carbocycles. The lowest BCUT2D eigenvalue weighted by atomic mass is 10.0. The van der Waals surface area contributed by atoms with Gasteiger partial charge in [-0.1, -0.05) is 46.4 Å². The summed E-state index contributed by atoms with van der Waals surface area (Å²) in [6, 6.07) is 13.4. The SMILES string of the molecule is COc1cc(-n2c(=S)[nH]c3cc(C)c(C)cc3c2=O)c(Cl)cc1Cl.COc1cc(SC#N)c(Cl)cc1Cl.Cc1cc(N)c(C(=O)O)cc1C. The summed E-state index contributed by atoms with van der Waals surface area (Å²) in [5.41, 5.74) is 10.9. The third kappa shape index (κ3) is 9.42. The van der Waals surface area contributed by atoms with Gasteiger partial charge in [-0.3, -0.25) is 9.36 Å². The standard InChI is InChI=1S/C17H14Cl2N2O2S.C9H11NO2.C8H5Cl2NOS/c1-8-4-10-13(5-9(8)2)20-17(24)21(16(10)22)14-7-15(23-3)12(19)6-11(14)18;1-5-3-7(9(11)12)8(10)4-6(5)2;1-12-7-3-8(13-4-11)6(10)2-5(7)9/h4-7H,1-3H3,(H,20,24);3-4H,10H2,1-2H3,(H,11,12);2-3H,1H3. The molecule has 4 N–H and O–H groups in total. The first-order chi connectivity index (χ1) is 23.0. The Balaban J connectivity index is 0.000000220. The number of aryl methyl sites for hydroxylation is 4. The van der Waals surface area contributed by atoms with Crippen LogP contribution in [0.2, 0.25) is 20.1 Å². The number of aromatic carboxylic acids is 1. The summed E-state index contributed by atoms with van der Waals surface area (Å²) < 4.78 is 11.8. The van der Waals surface area contributed by atoms with E-state index in [4.69, 9.17) is 84.2 Å². The number of thiocyanates is 1. The van der Waals surface area contributed by atoms with Crippen LogP contribution in [0.5, 0.6) is 11.5 Å². The Hall–Kier alpha value is -3.89. The summed E-state index contributed by atoms with van der Waals surface area (Å²) in [4.78, 5) is 27.3. The van der Waals surface area contributed by atoms with Gasteiger partial charge in [0.2, 0.25) is 0 Å². The number of carboxylic acid groups (broad SMARTS) is 1. The molecule has 15 heteroatoms. The number of anilines is 1. The Kier molecular flexibility index (Phi) is 13.9. The molecular weight excluding hydrogens is 750 g/mol. The number of benzene rings is 4. The molecule has 0 aliphatic rings. The number of nitriles is 1. The number of carboxylic acids is 1. The maximum atomic E-state index is 13.0. The number of carbonyl (C=O) groups is 1. The maximum Gasteiger partial charge on any atom is 0.337 e. The number of hydrogen-bond donors (Lipinski definition) is 3. The second kappa shape index (κ2) is 17.2. The molecule has 0 spiro atoms. The van der Waals surface area contributed by atoms with E-state index in [1.807, 2.05) is 45.2 Å². The van der Waals surface area contributed by atoms with Crippen LogP contribution in [0.1, 0.15) is 32.6 Å². The van der Waals surface area contributed by atoms with Gasteiger partial charge in [0, 0.05) is 16.6 Å².